The minimum absolute atomic E-state index is 0.228. The van der Waals surface area contributed by atoms with E-state index in [1.54, 1.807) is 17.5 Å². The average Bonchev–Trinajstić information content (AvgIpc) is 3.17. The van der Waals surface area contributed by atoms with Crippen molar-refractivity contribution in [2.45, 2.75) is 24.0 Å². The van der Waals surface area contributed by atoms with Gasteiger partial charge in [-0.1, -0.05) is 12.1 Å². The molecule has 0 spiro atoms. The molecule has 1 aliphatic rings. The van der Waals surface area contributed by atoms with Crippen LogP contribution in [0.2, 0.25) is 0 Å². The van der Waals surface area contributed by atoms with Crippen molar-refractivity contribution in [2.24, 2.45) is 5.73 Å². The molecule has 1 unspecified atom stereocenters. The number of anilines is 1. The number of nitrogens with two attached hydrogens (primary N) is 1. The van der Waals surface area contributed by atoms with Gasteiger partial charge in [0.1, 0.15) is 5.00 Å². The molecule has 2 heterocycles. The number of esters is 1. The van der Waals surface area contributed by atoms with Crippen molar-refractivity contribution < 1.29 is 19.1 Å². The lowest BCUT2D eigenvalue weighted by molar-refractivity contribution is -0.123. The normalized spacial score (nSPS) is 15.6. The first-order chi connectivity index (χ1) is 13.5. The van der Waals surface area contributed by atoms with Gasteiger partial charge in [0.05, 0.1) is 15.7 Å². The van der Waals surface area contributed by atoms with E-state index in [0.717, 1.165) is 11.5 Å². The Morgan fingerprint density at radius 3 is 2.46 bits per heavy atom. The van der Waals surface area contributed by atoms with Crippen LogP contribution in [0, 0.1) is 0 Å². The average molecular weight is 437 g/mol. The largest absolute Gasteiger partial charge is 0.449 e. The summed E-state index contributed by atoms with van der Waals surface area (Å²) >= 11 is 5.00. The van der Waals surface area contributed by atoms with E-state index in [4.69, 9.17) is 10.5 Å². The van der Waals surface area contributed by atoms with Gasteiger partial charge in [0.25, 0.3) is 11.8 Å². The summed E-state index contributed by atoms with van der Waals surface area (Å²) in [5.41, 5.74) is 7.06. The number of carbonyl (C=O) groups is 3. The van der Waals surface area contributed by atoms with Crippen molar-refractivity contribution in [2.75, 3.05) is 16.8 Å². The molecule has 28 heavy (non-hydrogen) atoms. The van der Waals surface area contributed by atoms with E-state index in [1.165, 1.54) is 36.3 Å². The summed E-state index contributed by atoms with van der Waals surface area (Å²) in [6, 6.07) is 8.85. The molecule has 1 fully saturated rings. The molecule has 3 N–H and O–H groups in total. The number of hydrogen-bond acceptors (Lipinski definition) is 7. The molecule has 9 heteroatoms. The van der Waals surface area contributed by atoms with Gasteiger partial charge in [-0.2, -0.15) is 0 Å². The van der Waals surface area contributed by atoms with Crippen LogP contribution in [0.5, 0.6) is 0 Å². The van der Waals surface area contributed by atoms with Crippen LogP contribution < -0.4 is 11.1 Å². The molecule has 1 atom stereocenters. The summed E-state index contributed by atoms with van der Waals surface area (Å²) in [6.45, 7) is 1.48. The van der Waals surface area contributed by atoms with Crippen molar-refractivity contribution >= 4 is 57.6 Å². The second-order valence-electron chi connectivity index (χ2n) is 6.11. The third kappa shape index (κ3) is 5.09. The van der Waals surface area contributed by atoms with E-state index < -0.39 is 23.9 Å². The van der Waals surface area contributed by atoms with Gasteiger partial charge in [-0.3, -0.25) is 9.59 Å². The van der Waals surface area contributed by atoms with Crippen LogP contribution in [0.1, 0.15) is 44.2 Å². The minimum atomic E-state index is -1.01. The van der Waals surface area contributed by atoms with Crippen LogP contribution in [0.15, 0.2) is 35.7 Å². The smallest absolute Gasteiger partial charge is 0.338 e. The number of carbonyl (C=O) groups excluding carboxylic acids is 3. The number of primary amides is 1. The maximum absolute atomic E-state index is 12.3. The van der Waals surface area contributed by atoms with Crippen LogP contribution >= 0.6 is 34.9 Å². The van der Waals surface area contributed by atoms with Gasteiger partial charge >= 0.3 is 5.97 Å². The SMILES string of the molecule is CC(OC(=O)c1ccc(C2SCCCS2)cc1)C(=O)Nc1sccc1C(N)=O. The number of thioether (sulfide) groups is 2. The van der Waals surface area contributed by atoms with Crippen LogP contribution in [-0.4, -0.2) is 35.4 Å². The third-order valence-electron chi connectivity index (χ3n) is 4.07. The van der Waals surface area contributed by atoms with Crippen molar-refractivity contribution in [3.8, 4) is 0 Å². The molecule has 1 aromatic heterocycles. The summed E-state index contributed by atoms with van der Waals surface area (Å²) in [5, 5.41) is 4.57. The molecule has 2 aromatic rings. The number of benzene rings is 1. The summed E-state index contributed by atoms with van der Waals surface area (Å²) in [4.78, 5) is 35.9. The Balaban J connectivity index is 1.58. The van der Waals surface area contributed by atoms with E-state index in [0.29, 0.717) is 15.1 Å². The van der Waals surface area contributed by atoms with Crippen LogP contribution in [-0.2, 0) is 9.53 Å². The number of nitrogens with one attached hydrogen (secondary N) is 1. The first kappa shape index (κ1) is 20.8. The number of ether oxygens (including phenoxy) is 1. The molecular formula is C19H20N2O4S3. The van der Waals surface area contributed by atoms with Gasteiger partial charge < -0.3 is 15.8 Å². The summed E-state index contributed by atoms with van der Waals surface area (Å²) in [6.07, 6.45) is 0.210. The predicted octanol–water partition coefficient (Wildman–Crippen LogP) is 3.90. The Kier molecular flexibility index (Phi) is 7.03. The highest BCUT2D eigenvalue weighted by Gasteiger charge is 2.22. The van der Waals surface area contributed by atoms with Crippen LogP contribution in [0.3, 0.4) is 0 Å². The van der Waals surface area contributed by atoms with E-state index in [9.17, 15) is 14.4 Å². The summed E-state index contributed by atoms with van der Waals surface area (Å²) < 4.78 is 5.66. The van der Waals surface area contributed by atoms with Crippen molar-refractivity contribution in [3.05, 3.63) is 52.4 Å². The zero-order valence-corrected chi connectivity index (χ0v) is 17.6. The molecule has 2 amide bonds. The lowest BCUT2D eigenvalue weighted by Crippen LogP contribution is -2.30. The van der Waals surface area contributed by atoms with Gasteiger partial charge in [-0.05, 0) is 54.0 Å². The second-order valence-corrected chi connectivity index (χ2v) is 9.75. The Bertz CT molecular complexity index is 860. The highest BCUT2D eigenvalue weighted by molar-refractivity contribution is 8.16. The second kappa shape index (κ2) is 9.49. The molecule has 0 radical (unpaired) electrons. The van der Waals surface area contributed by atoms with Gasteiger partial charge in [0.15, 0.2) is 6.10 Å². The monoisotopic (exact) mass is 436 g/mol. The van der Waals surface area contributed by atoms with Crippen molar-refractivity contribution in [1.82, 2.24) is 0 Å². The van der Waals surface area contributed by atoms with Crippen molar-refractivity contribution in [1.29, 1.82) is 0 Å². The maximum Gasteiger partial charge on any atom is 0.338 e. The maximum atomic E-state index is 12.3. The molecule has 0 aliphatic carbocycles. The van der Waals surface area contributed by atoms with E-state index in [1.807, 2.05) is 35.7 Å². The van der Waals surface area contributed by atoms with Gasteiger partial charge in [0, 0.05) is 0 Å². The quantitative estimate of drug-likeness (QED) is 0.667. The van der Waals surface area contributed by atoms with E-state index in [-0.39, 0.29) is 5.56 Å². The van der Waals surface area contributed by atoms with Crippen LogP contribution in [0.4, 0.5) is 5.00 Å². The Labute approximate surface area is 175 Å². The predicted molar refractivity (Wildman–Crippen MR) is 115 cm³/mol. The first-order valence-corrected chi connectivity index (χ1v) is 11.7. The molecule has 1 aromatic carbocycles. The molecular weight excluding hydrogens is 416 g/mol. The van der Waals surface area contributed by atoms with Gasteiger partial charge in [-0.25, -0.2) is 4.79 Å². The molecule has 1 saturated heterocycles. The molecule has 0 bridgehead atoms. The fourth-order valence-corrected chi connectivity index (χ4v) is 6.24. The molecule has 6 nitrogen and oxygen atoms in total. The summed E-state index contributed by atoms with van der Waals surface area (Å²) in [5.74, 6) is 0.575. The van der Waals surface area contributed by atoms with Crippen LogP contribution in [0.25, 0.3) is 0 Å². The fraction of sp³-hybridized carbons (Fsp3) is 0.316. The van der Waals surface area contributed by atoms with Gasteiger partial charge in [-0.15, -0.1) is 34.9 Å². The molecule has 3 rings (SSSR count). The zero-order valence-electron chi connectivity index (χ0n) is 15.2. The minimum Gasteiger partial charge on any atom is -0.449 e. The van der Waals surface area contributed by atoms with Crippen molar-refractivity contribution in [3.63, 3.8) is 0 Å². The lowest BCUT2D eigenvalue weighted by Gasteiger charge is -2.21. The third-order valence-corrected chi connectivity index (χ3v) is 7.91. The van der Waals surface area contributed by atoms with E-state index in [2.05, 4.69) is 5.32 Å². The standard InChI is InChI=1S/C19H20N2O4S3/c1-11(16(23)21-17-14(15(20)22)7-10-26-17)25-18(24)12-3-5-13(6-4-12)19-27-8-2-9-28-19/h3-7,10-11,19H,2,8-9H2,1H3,(H2,20,22)(H,21,23). The Morgan fingerprint density at radius 1 is 1.14 bits per heavy atom. The number of amides is 2. The molecule has 1 aliphatic heterocycles. The molecule has 148 valence electrons. The number of rotatable bonds is 6. The zero-order chi connectivity index (χ0) is 20.1. The lowest BCUT2D eigenvalue weighted by atomic mass is 10.1. The highest BCUT2D eigenvalue weighted by Crippen LogP contribution is 2.43. The van der Waals surface area contributed by atoms with Gasteiger partial charge in [0.2, 0.25) is 0 Å². The Morgan fingerprint density at radius 2 is 1.82 bits per heavy atom. The molecule has 0 saturated carbocycles. The topological polar surface area (TPSA) is 98.5 Å². The summed E-state index contributed by atoms with van der Waals surface area (Å²) in [7, 11) is 0. The number of thiophene rings is 1. The number of hydrogen-bond donors (Lipinski definition) is 2. The fourth-order valence-electron chi connectivity index (χ4n) is 2.55. The first-order valence-electron chi connectivity index (χ1n) is 8.68. The Hall–Kier alpha value is -1.97. The van der Waals surface area contributed by atoms with E-state index >= 15 is 0 Å². The highest BCUT2D eigenvalue weighted by atomic mass is 32.2.